The zero-order valence-electron chi connectivity index (χ0n) is 15.2. The van der Waals surface area contributed by atoms with Crippen LogP contribution in [0.3, 0.4) is 0 Å². The molecule has 0 aliphatic carbocycles. The van der Waals surface area contributed by atoms with Crippen molar-refractivity contribution in [1.82, 2.24) is 5.32 Å². The molecule has 0 fully saturated rings. The van der Waals surface area contributed by atoms with Crippen molar-refractivity contribution in [3.63, 3.8) is 0 Å². The minimum atomic E-state index is -0.648. The molecule has 0 bridgehead atoms. The molecule has 0 spiro atoms. The van der Waals surface area contributed by atoms with Crippen LogP contribution in [0.5, 0.6) is 23.0 Å². The Morgan fingerprint density at radius 3 is 2.15 bits per heavy atom. The molecule has 0 aliphatic rings. The molecule has 2 rings (SSSR count). The monoisotopic (exact) mass is 376 g/mol. The molecule has 0 saturated heterocycles. The van der Waals surface area contributed by atoms with Crippen molar-refractivity contribution < 1.29 is 28.7 Å². The topological polar surface area (TPSA) is 109 Å². The third-order valence-corrected chi connectivity index (χ3v) is 3.66. The standard InChI is InChI=1S/C18H20N2O7/c1-24-12-4-6-13(7-5-12)27-9-8-19-18(21)14-10-16(25-2)17(26-3)11-15(14)20(22)23/h4-7,10-11H,8-9H2,1-3H3,(H,19,21). The van der Waals surface area contributed by atoms with Crippen molar-refractivity contribution in [2.45, 2.75) is 0 Å². The van der Waals surface area contributed by atoms with E-state index in [0.717, 1.165) is 6.07 Å². The summed E-state index contributed by atoms with van der Waals surface area (Å²) in [6.07, 6.45) is 0. The van der Waals surface area contributed by atoms with Gasteiger partial charge in [0.15, 0.2) is 11.5 Å². The zero-order valence-corrected chi connectivity index (χ0v) is 15.2. The van der Waals surface area contributed by atoms with Crippen LogP contribution < -0.4 is 24.3 Å². The van der Waals surface area contributed by atoms with Gasteiger partial charge in [0.05, 0.1) is 38.9 Å². The first kappa shape index (κ1) is 19.8. The molecule has 2 aromatic carbocycles. The number of rotatable bonds is 9. The van der Waals surface area contributed by atoms with E-state index in [4.69, 9.17) is 18.9 Å². The van der Waals surface area contributed by atoms with E-state index in [-0.39, 0.29) is 35.9 Å². The van der Waals surface area contributed by atoms with Crippen LogP contribution in [0.1, 0.15) is 10.4 Å². The van der Waals surface area contributed by atoms with Gasteiger partial charge in [0.1, 0.15) is 23.7 Å². The van der Waals surface area contributed by atoms with Crippen molar-refractivity contribution >= 4 is 11.6 Å². The van der Waals surface area contributed by atoms with Crippen LogP contribution >= 0.6 is 0 Å². The van der Waals surface area contributed by atoms with Crippen LogP contribution in [-0.2, 0) is 0 Å². The largest absolute Gasteiger partial charge is 0.497 e. The second-order valence-corrected chi connectivity index (χ2v) is 5.26. The Kier molecular flexibility index (Phi) is 6.81. The van der Waals surface area contributed by atoms with E-state index in [1.54, 1.807) is 31.4 Å². The number of hydrogen-bond donors (Lipinski definition) is 1. The lowest BCUT2D eigenvalue weighted by molar-refractivity contribution is -0.385. The summed E-state index contributed by atoms with van der Waals surface area (Å²) >= 11 is 0. The van der Waals surface area contributed by atoms with Crippen LogP contribution in [-0.4, -0.2) is 45.3 Å². The quantitative estimate of drug-likeness (QED) is 0.407. The highest BCUT2D eigenvalue weighted by molar-refractivity contribution is 5.99. The highest BCUT2D eigenvalue weighted by Crippen LogP contribution is 2.34. The number of carbonyl (C=O) groups is 1. The van der Waals surface area contributed by atoms with Gasteiger partial charge in [0, 0.05) is 6.07 Å². The first-order chi connectivity index (χ1) is 13.0. The number of nitrogens with zero attached hydrogens (tertiary/aromatic N) is 1. The minimum absolute atomic E-state index is 0.123. The molecule has 0 heterocycles. The third kappa shape index (κ3) is 5.00. The van der Waals surface area contributed by atoms with Gasteiger partial charge in [-0.15, -0.1) is 0 Å². The number of amides is 1. The van der Waals surface area contributed by atoms with Crippen molar-refractivity contribution in [2.24, 2.45) is 0 Å². The van der Waals surface area contributed by atoms with Gasteiger partial charge in [0.2, 0.25) is 0 Å². The summed E-state index contributed by atoms with van der Waals surface area (Å²) in [7, 11) is 4.31. The predicted molar refractivity (Wildman–Crippen MR) is 97.0 cm³/mol. The second-order valence-electron chi connectivity index (χ2n) is 5.26. The van der Waals surface area contributed by atoms with Crippen LogP contribution in [0.25, 0.3) is 0 Å². The highest BCUT2D eigenvalue weighted by atomic mass is 16.6. The minimum Gasteiger partial charge on any atom is -0.497 e. The van der Waals surface area contributed by atoms with Gasteiger partial charge in [-0.1, -0.05) is 0 Å². The average molecular weight is 376 g/mol. The lowest BCUT2D eigenvalue weighted by atomic mass is 10.1. The smallest absolute Gasteiger partial charge is 0.286 e. The predicted octanol–water partition coefficient (Wildman–Crippen LogP) is 2.43. The molecule has 9 heteroatoms. The van der Waals surface area contributed by atoms with Gasteiger partial charge in [-0.25, -0.2) is 0 Å². The molecular weight excluding hydrogens is 356 g/mol. The molecule has 27 heavy (non-hydrogen) atoms. The Balaban J connectivity index is 2.01. The summed E-state index contributed by atoms with van der Waals surface area (Å²) in [6.45, 7) is 0.357. The summed E-state index contributed by atoms with van der Waals surface area (Å²) in [5, 5.41) is 13.8. The summed E-state index contributed by atoms with van der Waals surface area (Å²) in [6, 6.07) is 9.40. The van der Waals surface area contributed by atoms with E-state index in [2.05, 4.69) is 5.32 Å². The van der Waals surface area contributed by atoms with Gasteiger partial charge >= 0.3 is 0 Å². The molecule has 0 aromatic heterocycles. The fraction of sp³-hybridized carbons (Fsp3) is 0.278. The van der Waals surface area contributed by atoms with E-state index >= 15 is 0 Å². The van der Waals surface area contributed by atoms with Crippen molar-refractivity contribution in [3.05, 3.63) is 52.1 Å². The molecule has 9 nitrogen and oxygen atoms in total. The number of nitrogens with one attached hydrogen (secondary N) is 1. The number of nitro groups is 1. The van der Waals surface area contributed by atoms with Gasteiger partial charge < -0.3 is 24.3 Å². The Morgan fingerprint density at radius 1 is 1.00 bits per heavy atom. The van der Waals surface area contributed by atoms with Gasteiger partial charge in [0.25, 0.3) is 11.6 Å². The fourth-order valence-corrected chi connectivity index (χ4v) is 2.30. The molecule has 144 valence electrons. The van der Waals surface area contributed by atoms with E-state index in [1.165, 1.54) is 20.3 Å². The van der Waals surface area contributed by atoms with Crippen LogP contribution in [0, 0.1) is 10.1 Å². The molecule has 0 aliphatic heterocycles. The van der Waals surface area contributed by atoms with E-state index in [0.29, 0.717) is 11.5 Å². The molecule has 0 unspecified atom stereocenters. The number of methoxy groups -OCH3 is 3. The molecule has 0 atom stereocenters. The molecular formula is C18H20N2O7. The number of hydrogen-bond acceptors (Lipinski definition) is 7. The summed E-state index contributed by atoms with van der Waals surface area (Å²) in [5.74, 6) is 1.10. The fourth-order valence-electron chi connectivity index (χ4n) is 2.30. The third-order valence-electron chi connectivity index (χ3n) is 3.66. The summed E-state index contributed by atoms with van der Waals surface area (Å²) < 4.78 is 20.7. The van der Waals surface area contributed by atoms with Crippen LogP contribution in [0.4, 0.5) is 5.69 Å². The number of benzene rings is 2. The Bertz CT molecular complexity index is 806. The Hall–Kier alpha value is -3.49. The molecule has 0 saturated carbocycles. The highest BCUT2D eigenvalue weighted by Gasteiger charge is 2.24. The van der Waals surface area contributed by atoms with Gasteiger partial charge in [-0.05, 0) is 24.3 Å². The first-order valence-electron chi connectivity index (χ1n) is 7.95. The lowest BCUT2D eigenvalue weighted by Gasteiger charge is -2.11. The summed E-state index contributed by atoms with van der Waals surface area (Å²) in [4.78, 5) is 23.0. The van der Waals surface area contributed by atoms with Crippen molar-refractivity contribution in [2.75, 3.05) is 34.5 Å². The normalized spacial score (nSPS) is 10.0. The van der Waals surface area contributed by atoms with Gasteiger partial charge in [-0.2, -0.15) is 0 Å². The molecule has 2 aromatic rings. The maximum atomic E-state index is 12.3. The van der Waals surface area contributed by atoms with Crippen molar-refractivity contribution in [1.29, 1.82) is 0 Å². The van der Waals surface area contributed by atoms with Gasteiger partial charge in [-0.3, -0.25) is 14.9 Å². The van der Waals surface area contributed by atoms with E-state index in [9.17, 15) is 14.9 Å². The maximum Gasteiger partial charge on any atom is 0.286 e. The summed E-state index contributed by atoms with van der Waals surface area (Å²) in [5.41, 5.74) is -0.497. The van der Waals surface area contributed by atoms with E-state index in [1.807, 2.05) is 0 Å². The molecule has 0 radical (unpaired) electrons. The Labute approximate surface area is 155 Å². The van der Waals surface area contributed by atoms with E-state index < -0.39 is 10.8 Å². The maximum absolute atomic E-state index is 12.3. The first-order valence-corrected chi connectivity index (χ1v) is 7.95. The number of nitro benzene ring substituents is 1. The van der Waals surface area contributed by atoms with Crippen molar-refractivity contribution in [3.8, 4) is 23.0 Å². The zero-order chi connectivity index (χ0) is 19.8. The second kappa shape index (κ2) is 9.27. The average Bonchev–Trinajstić information content (AvgIpc) is 2.70. The lowest BCUT2D eigenvalue weighted by Crippen LogP contribution is -2.28. The number of carbonyl (C=O) groups excluding carboxylic acids is 1. The SMILES string of the molecule is COc1ccc(OCCNC(=O)c2cc(OC)c(OC)cc2[N+](=O)[O-])cc1. The van der Waals surface area contributed by atoms with Crippen LogP contribution in [0.15, 0.2) is 36.4 Å². The Morgan fingerprint density at radius 2 is 1.59 bits per heavy atom. The number of ether oxygens (including phenoxy) is 4. The molecule has 1 N–H and O–H groups in total. The van der Waals surface area contributed by atoms with Crippen LogP contribution in [0.2, 0.25) is 0 Å². The molecule has 1 amide bonds.